The smallest absolute Gasteiger partial charge is 0.264 e. The fourth-order valence-electron chi connectivity index (χ4n) is 2.81. The lowest BCUT2D eigenvalue weighted by Crippen LogP contribution is -2.38. The number of benzene rings is 3. The molecule has 8 heteroatoms. The van der Waals surface area contributed by atoms with Crippen molar-refractivity contribution in [3.63, 3.8) is 0 Å². The van der Waals surface area contributed by atoms with Crippen LogP contribution in [-0.2, 0) is 14.8 Å². The minimum atomic E-state index is -4.08. The molecule has 0 bridgehead atoms. The van der Waals surface area contributed by atoms with Crippen LogP contribution in [0.1, 0.15) is 11.1 Å². The monoisotopic (exact) mass is 446 g/mol. The Morgan fingerprint density at radius 3 is 2.30 bits per heavy atom. The highest BCUT2D eigenvalue weighted by Crippen LogP contribution is 2.27. The largest absolute Gasteiger partial charge is 0.322 e. The number of halogens is 2. The predicted molar refractivity (Wildman–Crippen MR) is 117 cm³/mol. The van der Waals surface area contributed by atoms with Crippen LogP contribution in [0.5, 0.6) is 0 Å². The van der Waals surface area contributed by atoms with Gasteiger partial charge in [-0.15, -0.1) is 0 Å². The number of carbonyl (C=O) groups is 1. The third kappa shape index (κ3) is 4.80. The first-order valence-corrected chi connectivity index (χ1v) is 10.9. The Hall–Kier alpha value is -2.90. The van der Waals surface area contributed by atoms with Crippen LogP contribution in [0.2, 0.25) is 5.02 Å². The number of sulfonamides is 1. The molecule has 156 valence electrons. The van der Waals surface area contributed by atoms with Gasteiger partial charge in [0.2, 0.25) is 5.91 Å². The van der Waals surface area contributed by atoms with Crippen LogP contribution in [0.3, 0.4) is 0 Å². The molecule has 0 atom stereocenters. The number of para-hydroxylation sites is 1. The van der Waals surface area contributed by atoms with E-state index in [1.807, 2.05) is 13.8 Å². The highest BCUT2D eigenvalue weighted by atomic mass is 35.5. The minimum absolute atomic E-state index is 0.0104. The van der Waals surface area contributed by atoms with E-state index in [4.69, 9.17) is 11.6 Å². The molecule has 0 radical (unpaired) electrons. The number of rotatable bonds is 6. The Balaban J connectivity index is 1.99. The molecule has 0 fully saturated rings. The van der Waals surface area contributed by atoms with Gasteiger partial charge in [-0.05, 0) is 73.5 Å². The Bertz CT molecular complexity index is 1180. The number of carbonyl (C=O) groups excluding carboxylic acids is 1. The Morgan fingerprint density at radius 1 is 1.00 bits per heavy atom. The fraction of sp³-hybridized carbons (Fsp3) is 0.136. The molecule has 0 heterocycles. The number of amides is 1. The number of hydrogen-bond donors (Lipinski definition) is 1. The average Bonchev–Trinajstić information content (AvgIpc) is 2.70. The van der Waals surface area contributed by atoms with Crippen molar-refractivity contribution in [2.75, 3.05) is 16.2 Å². The van der Waals surface area contributed by atoms with Crippen LogP contribution in [0.25, 0.3) is 0 Å². The zero-order valence-corrected chi connectivity index (χ0v) is 18.0. The van der Waals surface area contributed by atoms with Gasteiger partial charge in [0, 0.05) is 5.02 Å². The lowest BCUT2D eigenvalue weighted by molar-refractivity contribution is -0.114. The van der Waals surface area contributed by atoms with E-state index in [9.17, 15) is 17.6 Å². The van der Waals surface area contributed by atoms with E-state index in [1.165, 1.54) is 42.5 Å². The molecule has 1 N–H and O–H groups in total. The number of hydrogen-bond acceptors (Lipinski definition) is 3. The van der Waals surface area contributed by atoms with Gasteiger partial charge in [0.25, 0.3) is 10.0 Å². The first kappa shape index (κ1) is 21.8. The standard InChI is InChI=1S/C22H20ClFN2O3S/c1-15-7-10-18(13-16(15)2)26(30(28,29)19-11-8-17(23)9-12-19)14-22(27)25-21-6-4-3-5-20(21)24/h3-13H,14H2,1-2H3,(H,25,27). The van der Waals surface area contributed by atoms with Crippen LogP contribution in [0.4, 0.5) is 15.8 Å². The average molecular weight is 447 g/mol. The number of anilines is 2. The normalized spacial score (nSPS) is 11.2. The van der Waals surface area contributed by atoms with Gasteiger partial charge < -0.3 is 5.32 Å². The molecule has 3 aromatic carbocycles. The second-order valence-electron chi connectivity index (χ2n) is 6.76. The molecule has 3 aromatic rings. The Kier molecular flexibility index (Phi) is 6.43. The summed E-state index contributed by atoms with van der Waals surface area (Å²) in [5.41, 5.74) is 2.17. The lowest BCUT2D eigenvalue weighted by Gasteiger charge is -2.25. The second kappa shape index (κ2) is 8.85. The van der Waals surface area contributed by atoms with Crippen molar-refractivity contribution in [2.45, 2.75) is 18.7 Å². The molecule has 0 saturated heterocycles. The molecule has 5 nitrogen and oxygen atoms in total. The topological polar surface area (TPSA) is 66.5 Å². The van der Waals surface area contributed by atoms with Crippen molar-refractivity contribution < 1.29 is 17.6 Å². The fourth-order valence-corrected chi connectivity index (χ4v) is 4.35. The number of nitrogens with zero attached hydrogens (tertiary/aromatic N) is 1. The Labute approximate surface area is 180 Å². The molecule has 30 heavy (non-hydrogen) atoms. The van der Waals surface area contributed by atoms with Gasteiger partial charge in [0.15, 0.2) is 0 Å². The summed E-state index contributed by atoms with van der Waals surface area (Å²) in [4.78, 5) is 12.6. The SMILES string of the molecule is Cc1ccc(N(CC(=O)Nc2ccccc2F)S(=O)(=O)c2ccc(Cl)cc2)cc1C. The summed E-state index contributed by atoms with van der Waals surface area (Å²) in [6, 6.07) is 16.5. The maximum atomic E-state index is 13.9. The molecular weight excluding hydrogens is 427 g/mol. The van der Waals surface area contributed by atoms with E-state index < -0.39 is 28.3 Å². The molecule has 0 spiro atoms. The lowest BCUT2D eigenvalue weighted by atomic mass is 10.1. The van der Waals surface area contributed by atoms with E-state index in [0.29, 0.717) is 10.7 Å². The van der Waals surface area contributed by atoms with Crippen LogP contribution in [0.15, 0.2) is 71.6 Å². The van der Waals surface area contributed by atoms with E-state index in [-0.39, 0.29) is 10.6 Å². The summed E-state index contributed by atoms with van der Waals surface area (Å²) >= 11 is 5.88. The van der Waals surface area contributed by atoms with Crippen LogP contribution >= 0.6 is 11.6 Å². The van der Waals surface area contributed by atoms with Crippen LogP contribution < -0.4 is 9.62 Å². The zero-order chi connectivity index (χ0) is 21.9. The molecule has 0 aliphatic heterocycles. The van der Waals surface area contributed by atoms with E-state index >= 15 is 0 Å². The quantitative estimate of drug-likeness (QED) is 0.583. The summed E-state index contributed by atoms with van der Waals surface area (Å²) in [5, 5.41) is 2.82. The van der Waals surface area contributed by atoms with Gasteiger partial charge >= 0.3 is 0 Å². The van der Waals surface area contributed by atoms with Gasteiger partial charge in [-0.2, -0.15) is 0 Å². The first-order chi connectivity index (χ1) is 14.2. The maximum absolute atomic E-state index is 13.9. The third-order valence-corrected chi connectivity index (χ3v) is 6.66. The van der Waals surface area contributed by atoms with Gasteiger partial charge in [-0.25, -0.2) is 12.8 Å². The molecule has 0 aliphatic carbocycles. The van der Waals surface area contributed by atoms with Gasteiger partial charge in [0.1, 0.15) is 12.4 Å². The van der Waals surface area contributed by atoms with Gasteiger partial charge in [-0.1, -0.05) is 29.8 Å². The van der Waals surface area contributed by atoms with Crippen molar-refractivity contribution in [3.05, 3.63) is 88.7 Å². The van der Waals surface area contributed by atoms with Crippen molar-refractivity contribution in [1.82, 2.24) is 0 Å². The highest BCUT2D eigenvalue weighted by molar-refractivity contribution is 7.92. The predicted octanol–water partition coefficient (Wildman–Crippen LogP) is 4.93. The summed E-state index contributed by atoms with van der Waals surface area (Å²) < 4.78 is 41.5. The molecular formula is C22H20ClFN2O3S. The van der Waals surface area contributed by atoms with E-state index in [0.717, 1.165) is 15.4 Å². The molecule has 0 aromatic heterocycles. The summed E-state index contributed by atoms with van der Waals surface area (Å²) in [6.45, 7) is 3.23. The van der Waals surface area contributed by atoms with Crippen LogP contribution in [0, 0.1) is 19.7 Å². The van der Waals surface area contributed by atoms with E-state index in [1.54, 1.807) is 24.3 Å². The maximum Gasteiger partial charge on any atom is 0.264 e. The molecule has 0 saturated carbocycles. The van der Waals surface area contributed by atoms with Gasteiger partial charge in [-0.3, -0.25) is 9.10 Å². The summed E-state index contributed by atoms with van der Waals surface area (Å²) in [6.07, 6.45) is 0. The molecule has 3 rings (SSSR count). The van der Waals surface area contributed by atoms with Gasteiger partial charge in [0.05, 0.1) is 16.3 Å². The van der Waals surface area contributed by atoms with Crippen molar-refractivity contribution >= 4 is 38.9 Å². The summed E-state index contributed by atoms with van der Waals surface area (Å²) in [5.74, 6) is -1.28. The van der Waals surface area contributed by atoms with Crippen molar-refractivity contribution in [1.29, 1.82) is 0 Å². The van der Waals surface area contributed by atoms with Crippen molar-refractivity contribution in [2.24, 2.45) is 0 Å². The molecule has 0 aliphatic rings. The molecule has 0 unspecified atom stereocenters. The zero-order valence-electron chi connectivity index (χ0n) is 16.4. The first-order valence-electron chi connectivity index (χ1n) is 9.08. The number of aryl methyl sites for hydroxylation is 2. The second-order valence-corrected chi connectivity index (χ2v) is 9.06. The van der Waals surface area contributed by atoms with E-state index in [2.05, 4.69) is 5.32 Å². The van der Waals surface area contributed by atoms with Crippen molar-refractivity contribution in [3.8, 4) is 0 Å². The number of nitrogens with one attached hydrogen (secondary N) is 1. The third-order valence-electron chi connectivity index (χ3n) is 4.62. The Morgan fingerprint density at radius 2 is 1.67 bits per heavy atom. The highest BCUT2D eigenvalue weighted by Gasteiger charge is 2.27. The van der Waals surface area contributed by atoms with Crippen LogP contribution in [-0.4, -0.2) is 20.9 Å². The minimum Gasteiger partial charge on any atom is -0.322 e. The summed E-state index contributed by atoms with van der Waals surface area (Å²) in [7, 11) is -4.08. The molecule has 1 amide bonds.